The molecule has 0 spiro atoms. The molecule has 0 fully saturated rings. The number of amides is 1. The van der Waals surface area contributed by atoms with Gasteiger partial charge < -0.3 is 5.32 Å². The van der Waals surface area contributed by atoms with E-state index in [2.05, 4.69) is 23.6 Å². The van der Waals surface area contributed by atoms with Crippen molar-refractivity contribution in [1.29, 1.82) is 5.26 Å². The van der Waals surface area contributed by atoms with Gasteiger partial charge in [0, 0.05) is 20.8 Å². The quantitative estimate of drug-likeness (QED) is 0.504. The molecule has 1 heterocycles. The smallest absolute Gasteiger partial charge is 0.258 e. The number of nitrogens with one attached hydrogen (secondary N) is 2. The van der Waals surface area contributed by atoms with Crippen molar-refractivity contribution in [2.75, 3.05) is 5.32 Å². The number of anilines is 1. The summed E-state index contributed by atoms with van der Waals surface area (Å²) >= 11 is 13.2. The second-order valence-electron chi connectivity index (χ2n) is 7.22. The fourth-order valence-corrected chi connectivity index (χ4v) is 5.59. The Hall–Kier alpha value is -2.46. The molecule has 1 amide bonds. The monoisotopic (exact) mass is 439 g/mol. The van der Waals surface area contributed by atoms with Crippen LogP contribution in [-0.4, -0.2) is 11.0 Å². The molecule has 0 saturated heterocycles. The number of rotatable bonds is 2. The van der Waals surface area contributed by atoms with E-state index in [0.717, 1.165) is 35.6 Å². The van der Waals surface area contributed by atoms with Crippen molar-refractivity contribution >= 4 is 61.9 Å². The number of thiophene rings is 1. The number of halogens is 1. The van der Waals surface area contributed by atoms with Crippen LogP contribution in [0.25, 0.3) is 10.8 Å². The number of benzene rings is 2. The van der Waals surface area contributed by atoms with Gasteiger partial charge in [-0.1, -0.05) is 42.8 Å². The van der Waals surface area contributed by atoms with Gasteiger partial charge in [0.2, 0.25) is 0 Å². The van der Waals surface area contributed by atoms with Gasteiger partial charge >= 0.3 is 0 Å². The maximum absolute atomic E-state index is 12.8. The van der Waals surface area contributed by atoms with Gasteiger partial charge in [-0.2, -0.15) is 5.26 Å². The van der Waals surface area contributed by atoms with Gasteiger partial charge in [0.25, 0.3) is 5.91 Å². The van der Waals surface area contributed by atoms with Crippen LogP contribution in [0.4, 0.5) is 5.00 Å². The van der Waals surface area contributed by atoms with E-state index in [1.807, 2.05) is 18.2 Å². The maximum Gasteiger partial charge on any atom is 0.258 e. The van der Waals surface area contributed by atoms with Crippen LogP contribution in [0.5, 0.6) is 0 Å². The number of carbonyl (C=O) groups is 1. The molecule has 1 atom stereocenters. The highest BCUT2D eigenvalue weighted by Crippen LogP contribution is 2.39. The molecule has 2 N–H and O–H groups in total. The van der Waals surface area contributed by atoms with Crippen LogP contribution in [0.15, 0.2) is 36.4 Å². The third kappa shape index (κ3) is 3.86. The van der Waals surface area contributed by atoms with Crippen LogP contribution in [0.1, 0.15) is 39.7 Å². The molecule has 146 valence electrons. The summed E-state index contributed by atoms with van der Waals surface area (Å²) in [6.45, 7) is 2.23. The molecule has 1 aromatic heterocycles. The summed E-state index contributed by atoms with van der Waals surface area (Å²) in [6.07, 6.45) is 2.97. The van der Waals surface area contributed by atoms with Gasteiger partial charge in [-0.15, -0.1) is 11.3 Å². The predicted octanol–water partition coefficient (Wildman–Crippen LogP) is 5.68. The lowest BCUT2D eigenvalue weighted by molar-refractivity contribution is 0.0979. The van der Waals surface area contributed by atoms with Crippen molar-refractivity contribution in [2.24, 2.45) is 5.92 Å². The van der Waals surface area contributed by atoms with E-state index in [0.29, 0.717) is 27.1 Å². The summed E-state index contributed by atoms with van der Waals surface area (Å²) in [5, 5.41) is 18.5. The zero-order valence-corrected chi connectivity index (χ0v) is 18.1. The van der Waals surface area contributed by atoms with Gasteiger partial charge in [0.1, 0.15) is 11.1 Å². The number of nitrogens with zero attached hydrogens (tertiary/aromatic N) is 1. The van der Waals surface area contributed by atoms with Crippen LogP contribution in [0, 0.1) is 17.2 Å². The normalized spacial score (nSPS) is 15.4. The van der Waals surface area contributed by atoms with Crippen LogP contribution >= 0.6 is 35.2 Å². The zero-order valence-electron chi connectivity index (χ0n) is 15.7. The molecule has 1 aliphatic rings. The van der Waals surface area contributed by atoms with Crippen molar-refractivity contribution in [2.45, 2.75) is 26.2 Å². The summed E-state index contributed by atoms with van der Waals surface area (Å²) in [7, 11) is 0. The van der Waals surface area contributed by atoms with Crippen molar-refractivity contribution in [3.63, 3.8) is 0 Å². The van der Waals surface area contributed by atoms with E-state index in [9.17, 15) is 10.1 Å². The van der Waals surface area contributed by atoms with E-state index >= 15 is 0 Å². The molecule has 0 bridgehead atoms. The zero-order chi connectivity index (χ0) is 20.5. The van der Waals surface area contributed by atoms with E-state index in [4.69, 9.17) is 23.8 Å². The lowest BCUT2D eigenvalue weighted by Crippen LogP contribution is -2.34. The third-order valence-electron chi connectivity index (χ3n) is 5.19. The highest BCUT2D eigenvalue weighted by atomic mass is 35.5. The van der Waals surface area contributed by atoms with Gasteiger partial charge in [-0.25, -0.2) is 0 Å². The molecule has 4 nitrogen and oxygen atoms in total. The summed E-state index contributed by atoms with van der Waals surface area (Å²) in [4.78, 5) is 14.1. The molecular weight excluding hydrogens is 422 g/mol. The molecule has 29 heavy (non-hydrogen) atoms. The Bertz CT molecular complexity index is 1180. The second-order valence-corrected chi connectivity index (χ2v) is 9.14. The Morgan fingerprint density at radius 2 is 2.03 bits per heavy atom. The summed E-state index contributed by atoms with van der Waals surface area (Å²) in [5.74, 6) is 0.300. The van der Waals surface area contributed by atoms with E-state index in [1.54, 1.807) is 29.5 Å². The second kappa shape index (κ2) is 8.11. The van der Waals surface area contributed by atoms with Gasteiger partial charge in [0.05, 0.1) is 5.56 Å². The van der Waals surface area contributed by atoms with E-state index in [1.165, 1.54) is 4.88 Å². The van der Waals surface area contributed by atoms with Gasteiger partial charge in [0.15, 0.2) is 5.11 Å². The Morgan fingerprint density at radius 1 is 1.28 bits per heavy atom. The van der Waals surface area contributed by atoms with Crippen LogP contribution < -0.4 is 10.6 Å². The van der Waals surface area contributed by atoms with Crippen LogP contribution in [0.2, 0.25) is 5.02 Å². The molecule has 1 aliphatic carbocycles. The fourth-order valence-electron chi connectivity index (χ4n) is 3.73. The Labute approximate surface area is 183 Å². The number of hydrogen-bond acceptors (Lipinski definition) is 4. The van der Waals surface area contributed by atoms with E-state index < -0.39 is 0 Å². The Kier molecular flexibility index (Phi) is 5.55. The largest absolute Gasteiger partial charge is 0.323 e. The molecular formula is C22H18ClN3OS2. The molecule has 0 saturated carbocycles. The molecule has 2 aromatic carbocycles. The van der Waals surface area contributed by atoms with Crippen LogP contribution in [0.3, 0.4) is 0 Å². The molecule has 0 aliphatic heterocycles. The van der Waals surface area contributed by atoms with Crippen molar-refractivity contribution < 1.29 is 4.79 Å². The average Bonchev–Trinajstić information content (AvgIpc) is 3.03. The Balaban J connectivity index is 1.55. The van der Waals surface area contributed by atoms with Gasteiger partial charge in [-0.3, -0.25) is 10.1 Å². The average molecular weight is 440 g/mol. The molecule has 4 rings (SSSR count). The standard InChI is InChI=1S/C22H18ClN3OS2/c1-12-8-9-15-17(11-24)21(29-19(15)10-12)26-22(28)25-20(27)16-6-2-5-14-13(16)4-3-7-18(14)23/h2-7,12H,8-10H2,1H3,(H2,25,26,27,28)/t12-/m0/s1. The predicted molar refractivity (Wildman–Crippen MR) is 123 cm³/mol. The lowest BCUT2D eigenvalue weighted by Gasteiger charge is -2.17. The van der Waals surface area contributed by atoms with E-state index in [-0.39, 0.29) is 11.0 Å². The number of fused-ring (bicyclic) bond motifs is 2. The lowest BCUT2D eigenvalue weighted by atomic mass is 9.89. The van der Waals surface area contributed by atoms with Crippen molar-refractivity contribution in [1.82, 2.24) is 5.32 Å². The highest BCUT2D eigenvalue weighted by molar-refractivity contribution is 7.80. The van der Waals surface area contributed by atoms with Gasteiger partial charge in [-0.05, 0) is 60.5 Å². The number of carbonyl (C=O) groups excluding carboxylic acids is 1. The Morgan fingerprint density at radius 3 is 2.83 bits per heavy atom. The molecule has 7 heteroatoms. The number of hydrogen-bond donors (Lipinski definition) is 2. The summed E-state index contributed by atoms with van der Waals surface area (Å²) < 4.78 is 0. The first-order chi connectivity index (χ1) is 14.0. The first kappa shape index (κ1) is 19.8. The first-order valence-corrected chi connectivity index (χ1v) is 10.9. The summed E-state index contributed by atoms with van der Waals surface area (Å²) in [6, 6.07) is 13.2. The first-order valence-electron chi connectivity index (χ1n) is 9.32. The summed E-state index contributed by atoms with van der Waals surface area (Å²) in [5.41, 5.74) is 2.26. The number of thiocarbonyl (C=S) groups is 1. The minimum absolute atomic E-state index is 0.178. The SMILES string of the molecule is C[C@H]1CCc2c(sc(NC(=S)NC(=O)c3cccc4c(Cl)cccc34)c2C#N)C1. The fraction of sp³-hybridized carbons (Fsp3) is 0.227. The topological polar surface area (TPSA) is 64.9 Å². The minimum Gasteiger partial charge on any atom is -0.323 e. The van der Waals surface area contributed by atoms with Crippen LogP contribution in [-0.2, 0) is 12.8 Å². The number of nitriles is 1. The van der Waals surface area contributed by atoms with Crippen molar-refractivity contribution in [3.05, 3.63) is 63.0 Å². The van der Waals surface area contributed by atoms with Crippen molar-refractivity contribution in [3.8, 4) is 6.07 Å². The molecule has 0 radical (unpaired) electrons. The molecule has 0 unspecified atom stereocenters. The highest BCUT2D eigenvalue weighted by Gasteiger charge is 2.24. The third-order valence-corrected chi connectivity index (χ3v) is 6.89. The minimum atomic E-state index is -0.316. The molecule has 3 aromatic rings. The maximum atomic E-state index is 12.8.